The number of aromatic nitrogens is 4. The fourth-order valence-corrected chi connectivity index (χ4v) is 4.05. The summed E-state index contributed by atoms with van der Waals surface area (Å²) in [7, 11) is 2.99. The molecule has 10 nitrogen and oxygen atoms in total. The molecule has 2 aromatic heterocycles. The number of rotatable bonds is 3. The van der Waals surface area contributed by atoms with E-state index in [9.17, 15) is 9.59 Å². The molecule has 2 atom stereocenters. The number of methoxy groups -OCH3 is 1. The van der Waals surface area contributed by atoms with Crippen molar-refractivity contribution in [2.24, 2.45) is 0 Å². The van der Waals surface area contributed by atoms with Crippen molar-refractivity contribution in [3.8, 4) is 11.3 Å². The van der Waals surface area contributed by atoms with Gasteiger partial charge >= 0.3 is 6.09 Å². The second kappa shape index (κ2) is 8.21. The summed E-state index contributed by atoms with van der Waals surface area (Å²) in [6, 6.07) is 7.25. The Morgan fingerprint density at radius 1 is 1.16 bits per heavy atom. The van der Waals surface area contributed by atoms with Gasteiger partial charge in [0.25, 0.3) is 5.91 Å². The number of piperazine rings is 1. The lowest BCUT2D eigenvalue weighted by Crippen LogP contribution is -2.58. The van der Waals surface area contributed by atoms with Crippen LogP contribution in [0.3, 0.4) is 0 Å². The number of anilines is 1. The molecule has 4 rings (SSSR count). The second-order valence-electron chi connectivity index (χ2n) is 7.64. The van der Waals surface area contributed by atoms with Gasteiger partial charge in [-0.05, 0) is 26.0 Å². The van der Waals surface area contributed by atoms with Crippen molar-refractivity contribution in [1.29, 1.82) is 0 Å². The van der Waals surface area contributed by atoms with Gasteiger partial charge in [-0.15, -0.1) is 0 Å². The molecule has 2 amide bonds. The molecule has 0 aliphatic carbocycles. The number of H-pyrrole nitrogens is 1. The van der Waals surface area contributed by atoms with Crippen molar-refractivity contribution in [3.05, 3.63) is 36.0 Å². The van der Waals surface area contributed by atoms with Crippen LogP contribution < -0.4 is 10.2 Å². The normalized spacial score (nSPS) is 18.8. The molecule has 0 saturated carbocycles. The zero-order valence-corrected chi connectivity index (χ0v) is 17.9. The summed E-state index contributed by atoms with van der Waals surface area (Å²) >= 11 is 0. The summed E-state index contributed by atoms with van der Waals surface area (Å²) in [5, 5.41) is 10.0. The van der Waals surface area contributed by atoms with E-state index in [1.165, 1.54) is 7.11 Å². The Morgan fingerprint density at radius 2 is 1.84 bits per heavy atom. The number of carbonyl (C=O) groups is 2. The Bertz CT molecular complexity index is 1100. The summed E-state index contributed by atoms with van der Waals surface area (Å²) in [5.74, 6) is 0.443. The molecule has 31 heavy (non-hydrogen) atoms. The van der Waals surface area contributed by atoms with E-state index < -0.39 is 0 Å². The first-order valence-corrected chi connectivity index (χ1v) is 10.1. The Hall–Kier alpha value is -3.69. The molecule has 1 aliphatic heterocycles. The molecule has 3 aromatic rings. The highest BCUT2D eigenvalue weighted by Gasteiger charge is 2.34. The number of hydrogen-bond donors (Lipinski definition) is 2. The molecule has 0 unspecified atom stereocenters. The first-order valence-electron chi connectivity index (χ1n) is 10.1. The molecule has 2 N–H and O–H groups in total. The first-order chi connectivity index (χ1) is 14.9. The van der Waals surface area contributed by atoms with Crippen molar-refractivity contribution >= 4 is 29.0 Å². The average Bonchev–Trinajstić information content (AvgIpc) is 3.21. The number of nitrogens with zero attached hydrogens (tertiary/aromatic N) is 5. The summed E-state index contributed by atoms with van der Waals surface area (Å²) in [6.07, 6.45) is 1.39. The van der Waals surface area contributed by atoms with Gasteiger partial charge in [0.1, 0.15) is 16.7 Å². The van der Waals surface area contributed by atoms with E-state index in [1.54, 1.807) is 30.3 Å². The van der Waals surface area contributed by atoms with Crippen LogP contribution in [0.1, 0.15) is 24.2 Å². The fourth-order valence-electron chi connectivity index (χ4n) is 4.05. The van der Waals surface area contributed by atoms with Gasteiger partial charge in [-0.2, -0.15) is 5.10 Å². The summed E-state index contributed by atoms with van der Waals surface area (Å²) < 4.78 is 4.87. The third kappa shape index (κ3) is 3.76. The second-order valence-corrected chi connectivity index (χ2v) is 7.64. The largest absolute Gasteiger partial charge is 0.453 e. The number of fused-ring (bicyclic) bond motifs is 1. The number of carbonyl (C=O) groups excluding carboxylic acids is 2. The molecule has 0 spiro atoms. The van der Waals surface area contributed by atoms with Gasteiger partial charge in [-0.25, -0.2) is 14.8 Å². The van der Waals surface area contributed by atoms with E-state index in [0.717, 1.165) is 11.1 Å². The van der Waals surface area contributed by atoms with Crippen molar-refractivity contribution < 1.29 is 14.3 Å². The molecular weight excluding hydrogens is 398 g/mol. The van der Waals surface area contributed by atoms with Crippen molar-refractivity contribution in [2.45, 2.75) is 25.9 Å². The van der Waals surface area contributed by atoms with E-state index >= 15 is 0 Å². The van der Waals surface area contributed by atoms with Crippen LogP contribution in [0, 0.1) is 0 Å². The molecule has 1 aromatic carbocycles. The zero-order chi connectivity index (χ0) is 22.1. The molecule has 1 fully saturated rings. The van der Waals surface area contributed by atoms with Crippen LogP contribution in [0.25, 0.3) is 22.3 Å². The Balaban J connectivity index is 1.66. The van der Waals surface area contributed by atoms with Crippen LogP contribution in [-0.2, 0) is 4.74 Å². The predicted octanol–water partition coefficient (Wildman–Crippen LogP) is 2.04. The van der Waals surface area contributed by atoms with Crippen LogP contribution in [0.5, 0.6) is 0 Å². The molecule has 162 valence electrons. The number of benzene rings is 1. The highest BCUT2D eigenvalue weighted by Crippen LogP contribution is 2.28. The molecule has 1 saturated heterocycles. The van der Waals surface area contributed by atoms with Crippen molar-refractivity contribution in [2.75, 3.05) is 32.1 Å². The zero-order valence-electron chi connectivity index (χ0n) is 17.9. The lowest BCUT2D eigenvalue weighted by molar-refractivity contribution is 0.0963. The maximum absolute atomic E-state index is 11.9. The summed E-state index contributed by atoms with van der Waals surface area (Å²) in [5.41, 5.74) is 3.54. The third-order valence-corrected chi connectivity index (χ3v) is 5.52. The topological polar surface area (TPSA) is 116 Å². The van der Waals surface area contributed by atoms with Gasteiger partial charge in [-0.3, -0.25) is 9.89 Å². The number of hydrogen-bond acceptors (Lipinski definition) is 7. The van der Waals surface area contributed by atoms with E-state index in [1.807, 2.05) is 26.0 Å². The van der Waals surface area contributed by atoms with Crippen LogP contribution in [0.4, 0.5) is 10.7 Å². The minimum absolute atomic E-state index is 0.0162. The van der Waals surface area contributed by atoms with Crippen LogP contribution in [-0.4, -0.2) is 76.4 Å². The third-order valence-electron chi connectivity index (χ3n) is 5.52. The highest BCUT2D eigenvalue weighted by atomic mass is 16.5. The predicted molar refractivity (Wildman–Crippen MR) is 116 cm³/mol. The van der Waals surface area contributed by atoms with Gasteiger partial charge in [-0.1, -0.05) is 12.1 Å². The van der Waals surface area contributed by atoms with Gasteiger partial charge in [0.05, 0.1) is 13.3 Å². The SMILES string of the molecule is CNC(=O)c1ccc(-c2n[nH]c3cnc(N4[C@H](C)CN(C(=O)OC)C[C@@H]4C)nc23)cc1. The van der Waals surface area contributed by atoms with Gasteiger partial charge < -0.3 is 19.9 Å². The van der Waals surface area contributed by atoms with E-state index in [4.69, 9.17) is 9.72 Å². The van der Waals surface area contributed by atoms with Crippen LogP contribution in [0.15, 0.2) is 30.5 Å². The smallest absolute Gasteiger partial charge is 0.409 e. The number of amides is 2. The molecule has 10 heteroatoms. The van der Waals surface area contributed by atoms with Crippen LogP contribution >= 0.6 is 0 Å². The Morgan fingerprint density at radius 3 is 2.45 bits per heavy atom. The number of nitrogens with one attached hydrogen (secondary N) is 2. The maximum atomic E-state index is 11.9. The molecular formula is C21H25N7O3. The fraction of sp³-hybridized carbons (Fsp3) is 0.381. The standard InChI is InChI=1S/C21H25N7O3/c1-12-10-27(21(30)31-4)11-13(2)28(12)20-23-9-16-18(24-20)17(26-25-16)14-5-7-15(8-6-14)19(29)22-3/h5-9,12-13H,10-11H2,1-4H3,(H,22,29)(H,25,26)/t12-,13+. The number of aromatic amines is 1. The van der Waals surface area contributed by atoms with Crippen molar-refractivity contribution in [1.82, 2.24) is 30.4 Å². The minimum Gasteiger partial charge on any atom is -0.453 e. The average molecular weight is 423 g/mol. The molecule has 0 bridgehead atoms. The van der Waals surface area contributed by atoms with Crippen molar-refractivity contribution in [3.63, 3.8) is 0 Å². The molecule has 0 radical (unpaired) electrons. The Labute approximate surface area is 179 Å². The molecule has 3 heterocycles. The lowest BCUT2D eigenvalue weighted by Gasteiger charge is -2.43. The quantitative estimate of drug-likeness (QED) is 0.662. The summed E-state index contributed by atoms with van der Waals surface area (Å²) in [4.78, 5) is 36.9. The Kier molecular flexibility index (Phi) is 5.45. The first kappa shape index (κ1) is 20.6. The van der Waals surface area contributed by atoms with E-state index in [-0.39, 0.29) is 24.1 Å². The lowest BCUT2D eigenvalue weighted by atomic mass is 10.1. The number of ether oxygens (including phenoxy) is 1. The van der Waals surface area contributed by atoms with Gasteiger partial charge in [0.2, 0.25) is 5.95 Å². The van der Waals surface area contributed by atoms with Crippen LogP contribution in [0.2, 0.25) is 0 Å². The van der Waals surface area contributed by atoms with Gasteiger partial charge in [0, 0.05) is 43.3 Å². The van der Waals surface area contributed by atoms with Gasteiger partial charge in [0.15, 0.2) is 0 Å². The monoisotopic (exact) mass is 423 g/mol. The highest BCUT2D eigenvalue weighted by molar-refractivity contribution is 5.95. The maximum Gasteiger partial charge on any atom is 0.409 e. The minimum atomic E-state index is -0.327. The summed E-state index contributed by atoms with van der Waals surface area (Å²) in [6.45, 7) is 5.12. The van der Waals surface area contributed by atoms with E-state index in [2.05, 4.69) is 25.4 Å². The van der Waals surface area contributed by atoms with E-state index in [0.29, 0.717) is 35.8 Å². The molecule has 1 aliphatic rings.